The lowest BCUT2D eigenvalue weighted by Crippen LogP contribution is -2.14. The highest BCUT2D eigenvalue weighted by molar-refractivity contribution is 6.40. The number of halogens is 2. The van der Waals surface area contributed by atoms with Crippen molar-refractivity contribution in [1.29, 1.82) is 0 Å². The third kappa shape index (κ3) is 6.02. The molecule has 9 nitrogen and oxygen atoms in total. The summed E-state index contributed by atoms with van der Waals surface area (Å²) in [5.41, 5.74) is 1.80. The number of rotatable bonds is 8. The number of aliphatic hydroxyl groups excluding tert-OH is 2. The number of aliphatic hydroxyl groups is 2. The molecule has 162 valence electrons. The molecule has 31 heavy (non-hydrogen) atoms. The zero-order valence-electron chi connectivity index (χ0n) is 16.5. The zero-order valence-corrected chi connectivity index (χ0v) is 18.0. The number of aryl methyl sites for hydroxylation is 1. The normalized spacial score (nSPS) is 10.6. The molecule has 2 aromatic heterocycles. The van der Waals surface area contributed by atoms with Crippen molar-refractivity contribution in [2.45, 2.75) is 13.5 Å². The highest BCUT2D eigenvalue weighted by Gasteiger charge is 2.17. The molecule has 0 saturated carbocycles. The van der Waals surface area contributed by atoms with Gasteiger partial charge < -0.3 is 26.2 Å². The van der Waals surface area contributed by atoms with Gasteiger partial charge in [-0.05, 0) is 30.7 Å². The van der Waals surface area contributed by atoms with E-state index in [1.54, 1.807) is 18.2 Å². The molecule has 0 aliphatic carbocycles. The molecular weight excluding hydrogens is 443 g/mol. The van der Waals surface area contributed by atoms with Crippen LogP contribution >= 0.6 is 23.2 Å². The number of benzene rings is 1. The van der Waals surface area contributed by atoms with E-state index in [0.717, 1.165) is 5.69 Å². The molecule has 1 amide bonds. The Balaban J connectivity index is 1.77. The molecule has 0 unspecified atom stereocenters. The van der Waals surface area contributed by atoms with Crippen LogP contribution in [-0.2, 0) is 6.61 Å². The van der Waals surface area contributed by atoms with E-state index in [1.165, 1.54) is 18.3 Å². The van der Waals surface area contributed by atoms with Crippen molar-refractivity contribution in [1.82, 2.24) is 15.0 Å². The molecule has 3 rings (SSSR count). The first-order valence-electron chi connectivity index (χ1n) is 9.23. The van der Waals surface area contributed by atoms with Gasteiger partial charge in [0.25, 0.3) is 5.91 Å². The van der Waals surface area contributed by atoms with Gasteiger partial charge in [-0.25, -0.2) is 9.97 Å². The second-order valence-corrected chi connectivity index (χ2v) is 7.28. The van der Waals surface area contributed by atoms with Gasteiger partial charge in [0.05, 0.1) is 28.8 Å². The number of aromatic nitrogens is 3. The number of pyridine rings is 1. The summed E-state index contributed by atoms with van der Waals surface area (Å²) in [6.45, 7) is 1.87. The monoisotopic (exact) mass is 462 g/mol. The molecule has 0 aliphatic heterocycles. The lowest BCUT2D eigenvalue weighted by atomic mass is 10.1. The molecule has 0 bridgehead atoms. The first kappa shape index (κ1) is 22.7. The van der Waals surface area contributed by atoms with Crippen LogP contribution in [0.5, 0.6) is 0 Å². The van der Waals surface area contributed by atoms with Crippen LogP contribution in [0.1, 0.15) is 21.6 Å². The number of carbonyl (C=O) groups excluding carboxylic acids is 1. The molecule has 0 saturated heterocycles. The number of nitrogens with one attached hydrogen (secondary N) is 3. The third-order valence-electron chi connectivity index (χ3n) is 4.03. The second kappa shape index (κ2) is 10.4. The number of nitrogens with zero attached hydrogens (tertiary/aromatic N) is 3. The second-order valence-electron chi connectivity index (χ2n) is 6.47. The molecule has 0 fully saturated rings. The molecule has 3 aromatic rings. The van der Waals surface area contributed by atoms with Crippen molar-refractivity contribution < 1.29 is 15.0 Å². The predicted molar refractivity (Wildman–Crippen MR) is 120 cm³/mol. The fourth-order valence-electron chi connectivity index (χ4n) is 2.71. The summed E-state index contributed by atoms with van der Waals surface area (Å²) in [4.78, 5) is 25.5. The summed E-state index contributed by atoms with van der Waals surface area (Å²) in [6, 6.07) is 7.95. The van der Waals surface area contributed by atoms with Gasteiger partial charge >= 0.3 is 0 Å². The molecule has 0 spiro atoms. The summed E-state index contributed by atoms with van der Waals surface area (Å²) < 4.78 is 0. The molecular formula is C20H20Cl2N6O3. The minimum Gasteiger partial charge on any atom is -0.395 e. The molecule has 1 aromatic carbocycles. The van der Waals surface area contributed by atoms with Crippen molar-refractivity contribution in [3.8, 4) is 0 Å². The number of hydrogen-bond donors (Lipinski definition) is 5. The minimum atomic E-state index is -0.495. The van der Waals surface area contributed by atoms with Crippen LogP contribution in [-0.4, -0.2) is 44.2 Å². The van der Waals surface area contributed by atoms with Crippen LogP contribution in [0.4, 0.5) is 23.3 Å². The fourth-order valence-corrected chi connectivity index (χ4v) is 3.42. The van der Waals surface area contributed by atoms with E-state index in [-0.39, 0.29) is 28.8 Å². The smallest absolute Gasteiger partial charge is 0.258 e. The number of hydrogen-bond acceptors (Lipinski definition) is 8. The predicted octanol–water partition coefficient (Wildman–Crippen LogP) is 3.38. The lowest BCUT2D eigenvalue weighted by molar-refractivity contribution is 0.102. The maximum Gasteiger partial charge on any atom is 0.258 e. The van der Waals surface area contributed by atoms with E-state index >= 15 is 0 Å². The van der Waals surface area contributed by atoms with Crippen LogP contribution in [0.15, 0.2) is 36.5 Å². The lowest BCUT2D eigenvalue weighted by Gasteiger charge is -2.12. The van der Waals surface area contributed by atoms with Crippen LogP contribution in [0, 0.1) is 6.92 Å². The van der Waals surface area contributed by atoms with Crippen LogP contribution in [0.2, 0.25) is 10.0 Å². The first-order chi connectivity index (χ1) is 14.9. The molecule has 11 heteroatoms. The Morgan fingerprint density at radius 1 is 1.06 bits per heavy atom. The Labute approximate surface area is 188 Å². The summed E-state index contributed by atoms with van der Waals surface area (Å²) in [6.07, 6.45) is 1.52. The Kier molecular flexibility index (Phi) is 7.59. The van der Waals surface area contributed by atoms with Gasteiger partial charge in [-0.1, -0.05) is 23.2 Å². The van der Waals surface area contributed by atoms with Crippen molar-refractivity contribution in [2.24, 2.45) is 0 Å². The molecule has 0 atom stereocenters. The van der Waals surface area contributed by atoms with Crippen molar-refractivity contribution in [2.75, 3.05) is 29.1 Å². The first-order valence-corrected chi connectivity index (χ1v) is 9.99. The zero-order chi connectivity index (χ0) is 22.4. The van der Waals surface area contributed by atoms with E-state index in [0.29, 0.717) is 35.4 Å². The Hall–Kier alpha value is -2.98. The van der Waals surface area contributed by atoms with E-state index < -0.39 is 5.91 Å². The summed E-state index contributed by atoms with van der Waals surface area (Å²) in [5, 5.41) is 27.1. The maximum absolute atomic E-state index is 12.7. The van der Waals surface area contributed by atoms with E-state index in [2.05, 4.69) is 30.9 Å². The quantitative estimate of drug-likeness (QED) is 0.344. The standard InChI is InChI=1S/C20H20Cl2N6O3/c1-11-6-17(28-20(25-11)24-4-5-29)27-16-9-13(2-3-23-16)26-19(31)18-14(21)7-12(10-30)8-15(18)22/h2-3,6-9,29-30H,4-5,10H2,1H3,(H3,23,24,25,26,27,28,31). The van der Waals surface area contributed by atoms with Crippen molar-refractivity contribution in [3.63, 3.8) is 0 Å². The minimum absolute atomic E-state index is 0.0415. The molecule has 5 N–H and O–H groups in total. The maximum atomic E-state index is 12.7. The molecule has 0 radical (unpaired) electrons. The highest BCUT2D eigenvalue weighted by Crippen LogP contribution is 2.28. The van der Waals surface area contributed by atoms with E-state index in [4.69, 9.17) is 28.3 Å². The number of anilines is 4. The van der Waals surface area contributed by atoms with Crippen LogP contribution in [0.3, 0.4) is 0 Å². The summed E-state index contributed by atoms with van der Waals surface area (Å²) >= 11 is 12.3. The van der Waals surface area contributed by atoms with E-state index in [1.807, 2.05) is 6.92 Å². The Bertz CT molecular complexity index is 1070. The Morgan fingerprint density at radius 2 is 1.81 bits per heavy atom. The number of carbonyl (C=O) groups is 1. The highest BCUT2D eigenvalue weighted by atomic mass is 35.5. The van der Waals surface area contributed by atoms with E-state index in [9.17, 15) is 9.90 Å². The summed E-state index contributed by atoms with van der Waals surface area (Å²) in [7, 11) is 0. The summed E-state index contributed by atoms with van der Waals surface area (Å²) in [5.74, 6) is 0.813. The van der Waals surface area contributed by atoms with Gasteiger partial charge in [0.1, 0.15) is 11.6 Å². The van der Waals surface area contributed by atoms with Gasteiger partial charge in [0.15, 0.2) is 0 Å². The van der Waals surface area contributed by atoms with Crippen LogP contribution < -0.4 is 16.0 Å². The van der Waals surface area contributed by atoms with Crippen molar-refractivity contribution in [3.05, 3.63) is 63.4 Å². The topological polar surface area (TPSA) is 132 Å². The van der Waals surface area contributed by atoms with Gasteiger partial charge in [-0.3, -0.25) is 4.79 Å². The van der Waals surface area contributed by atoms with Crippen molar-refractivity contribution >= 4 is 52.4 Å². The molecule has 2 heterocycles. The number of amides is 1. The van der Waals surface area contributed by atoms with Gasteiger partial charge in [-0.15, -0.1) is 0 Å². The SMILES string of the molecule is Cc1cc(Nc2cc(NC(=O)c3c(Cl)cc(CO)cc3Cl)ccn2)nc(NCCO)n1. The average Bonchev–Trinajstić information content (AvgIpc) is 2.71. The van der Waals surface area contributed by atoms with Crippen LogP contribution in [0.25, 0.3) is 0 Å². The Morgan fingerprint density at radius 3 is 2.48 bits per heavy atom. The largest absolute Gasteiger partial charge is 0.395 e. The van der Waals surface area contributed by atoms with Gasteiger partial charge in [0, 0.05) is 36.3 Å². The van der Waals surface area contributed by atoms with Gasteiger partial charge in [0.2, 0.25) is 5.95 Å². The third-order valence-corrected chi connectivity index (χ3v) is 4.63. The fraction of sp³-hybridized carbons (Fsp3) is 0.200. The molecule has 0 aliphatic rings. The van der Waals surface area contributed by atoms with Gasteiger partial charge in [-0.2, -0.15) is 4.98 Å². The average molecular weight is 463 g/mol.